The fourth-order valence-corrected chi connectivity index (χ4v) is 6.66. The summed E-state index contributed by atoms with van der Waals surface area (Å²) in [7, 11) is 0. The summed E-state index contributed by atoms with van der Waals surface area (Å²) < 4.78 is 2.61. The first-order chi connectivity index (χ1) is 21.8. The number of aryl methyl sites for hydroxylation is 1. The molecule has 1 nitrogen and oxygen atoms in total. The number of nitrogens with zero attached hydrogens (tertiary/aromatic N) is 1. The van der Waals surface area contributed by atoms with Gasteiger partial charge in [0.25, 0.3) is 0 Å². The lowest BCUT2D eigenvalue weighted by atomic mass is 9.86. The highest BCUT2D eigenvalue weighted by molar-refractivity contribution is 5.94. The number of benzene rings is 3. The van der Waals surface area contributed by atoms with Crippen molar-refractivity contribution in [3.8, 4) is 33.4 Å². The quantitative estimate of drug-likeness (QED) is 0.0673. The molecule has 0 saturated heterocycles. The van der Waals surface area contributed by atoms with Crippen molar-refractivity contribution < 1.29 is 4.57 Å². The van der Waals surface area contributed by atoms with Crippen LogP contribution >= 0.6 is 0 Å². The highest BCUT2D eigenvalue weighted by Crippen LogP contribution is 2.41. The average molecular weight is 589 g/mol. The first kappa shape index (κ1) is 33.7. The van der Waals surface area contributed by atoms with Crippen molar-refractivity contribution in [2.45, 2.75) is 130 Å². The SMILES string of the molecule is CCCCCCCCCCCCCCCCc1c(-c2ccccc2)c(-c2ccccc2)c(-c2ccccc2)c[n+]1CCCC. The average Bonchev–Trinajstić information content (AvgIpc) is 3.08. The largest absolute Gasteiger partial charge is 0.201 e. The minimum Gasteiger partial charge on any atom is -0.201 e. The third-order valence-electron chi connectivity index (χ3n) is 9.17. The lowest BCUT2D eigenvalue weighted by Gasteiger charge is -2.19. The summed E-state index contributed by atoms with van der Waals surface area (Å²) in [6, 6.07) is 33.3. The van der Waals surface area contributed by atoms with Gasteiger partial charge in [-0.15, -0.1) is 0 Å². The number of hydrogen-bond acceptors (Lipinski definition) is 0. The van der Waals surface area contributed by atoms with Gasteiger partial charge in [-0.05, 0) is 23.1 Å². The second kappa shape index (κ2) is 20.0. The van der Waals surface area contributed by atoms with Gasteiger partial charge < -0.3 is 0 Å². The van der Waals surface area contributed by atoms with Crippen LogP contribution in [0.1, 0.15) is 122 Å². The Labute approximate surface area is 269 Å². The minimum absolute atomic E-state index is 1.07. The van der Waals surface area contributed by atoms with Gasteiger partial charge in [-0.25, -0.2) is 4.57 Å². The number of unbranched alkanes of at least 4 members (excludes halogenated alkanes) is 14. The molecule has 0 N–H and O–H groups in total. The van der Waals surface area contributed by atoms with Crippen LogP contribution < -0.4 is 4.57 Å². The highest BCUT2D eigenvalue weighted by atomic mass is 15.0. The molecule has 0 saturated carbocycles. The maximum absolute atomic E-state index is 2.61. The molecule has 1 heteroatoms. The van der Waals surface area contributed by atoms with Crippen LogP contribution in [0.25, 0.3) is 33.4 Å². The van der Waals surface area contributed by atoms with E-state index in [2.05, 4.69) is 116 Å². The van der Waals surface area contributed by atoms with E-state index in [0.717, 1.165) is 13.0 Å². The van der Waals surface area contributed by atoms with Gasteiger partial charge >= 0.3 is 0 Å². The van der Waals surface area contributed by atoms with E-state index in [9.17, 15) is 0 Å². The number of hydrogen-bond donors (Lipinski definition) is 0. The van der Waals surface area contributed by atoms with Crippen LogP contribution in [0.4, 0.5) is 0 Å². The van der Waals surface area contributed by atoms with Gasteiger partial charge in [-0.1, -0.05) is 195 Å². The van der Waals surface area contributed by atoms with Crippen molar-refractivity contribution >= 4 is 0 Å². The van der Waals surface area contributed by atoms with E-state index in [1.54, 1.807) is 0 Å². The van der Waals surface area contributed by atoms with Gasteiger partial charge in [0.2, 0.25) is 0 Å². The van der Waals surface area contributed by atoms with Crippen molar-refractivity contribution in [1.82, 2.24) is 0 Å². The van der Waals surface area contributed by atoms with E-state index < -0.39 is 0 Å². The molecule has 0 unspecified atom stereocenters. The zero-order valence-electron chi connectivity index (χ0n) is 27.9. The molecule has 0 bridgehead atoms. The van der Waals surface area contributed by atoms with Crippen LogP contribution in [-0.2, 0) is 13.0 Å². The number of aromatic nitrogens is 1. The van der Waals surface area contributed by atoms with Crippen molar-refractivity contribution in [3.05, 3.63) is 103 Å². The summed E-state index contributed by atoms with van der Waals surface area (Å²) in [5.41, 5.74) is 9.54. The molecule has 0 aliphatic carbocycles. The molecule has 0 atom stereocenters. The van der Waals surface area contributed by atoms with Gasteiger partial charge in [0.05, 0.1) is 11.1 Å². The predicted molar refractivity (Wildman–Crippen MR) is 192 cm³/mol. The molecule has 0 radical (unpaired) electrons. The molecule has 0 aliphatic rings. The summed E-state index contributed by atoms with van der Waals surface area (Å²) in [6.45, 7) is 5.68. The predicted octanol–water partition coefficient (Wildman–Crippen LogP) is 12.8. The Hall–Kier alpha value is -3.19. The van der Waals surface area contributed by atoms with Crippen LogP contribution in [0.15, 0.2) is 97.2 Å². The zero-order chi connectivity index (χ0) is 30.7. The zero-order valence-corrected chi connectivity index (χ0v) is 27.9. The minimum atomic E-state index is 1.07. The molecular formula is C43H58N+. The molecule has 4 aromatic rings. The van der Waals surface area contributed by atoms with Crippen LogP contribution in [0, 0.1) is 0 Å². The Bertz CT molecular complexity index is 1310. The maximum atomic E-state index is 2.61. The van der Waals surface area contributed by atoms with Crippen LogP contribution in [0.5, 0.6) is 0 Å². The molecule has 1 aromatic heterocycles. The summed E-state index contributed by atoms with van der Waals surface area (Å²) in [5, 5.41) is 0. The Morgan fingerprint density at radius 2 is 0.818 bits per heavy atom. The second-order valence-electron chi connectivity index (χ2n) is 12.7. The lowest BCUT2D eigenvalue weighted by Crippen LogP contribution is -2.39. The first-order valence-electron chi connectivity index (χ1n) is 18.1. The van der Waals surface area contributed by atoms with Crippen molar-refractivity contribution in [1.29, 1.82) is 0 Å². The first-order valence-corrected chi connectivity index (χ1v) is 18.1. The molecule has 234 valence electrons. The van der Waals surface area contributed by atoms with Crippen molar-refractivity contribution in [2.24, 2.45) is 0 Å². The van der Waals surface area contributed by atoms with Gasteiger partial charge in [-0.2, -0.15) is 0 Å². The molecule has 3 aromatic carbocycles. The summed E-state index contributed by atoms with van der Waals surface area (Å²) in [4.78, 5) is 0. The van der Waals surface area contributed by atoms with Gasteiger partial charge in [0.15, 0.2) is 11.9 Å². The Morgan fingerprint density at radius 3 is 1.30 bits per heavy atom. The van der Waals surface area contributed by atoms with Gasteiger partial charge in [0, 0.05) is 18.4 Å². The Balaban J connectivity index is 1.50. The monoisotopic (exact) mass is 588 g/mol. The van der Waals surface area contributed by atoms with Crippen molar-refractivity contribution in [3.63, 3.8) is 0 Å². The molecule has 0 fully saturated rings. The smallest absolute Gasteiger partial charge is 0.189 e. The van der Waals surface area contributed by atoms with Gasteiger partial charge in [-0.3, -0.25) is 0 Å². The Morgan fingerprint density at radius 1 is 0.409 bits per heavy atom. The van der Waals surface area contributed by atoms with E-state index in [1.165, 1.54) is 142 Å². The maximum Gasteiger partial charge on any atom is 0.189 e. The molecule has 4 rings (SSSR count). The van der Waals surface area contributed by atoms with Crippen LogP contribution in [0.2, 0.25) is 0 Å². The second-order valence-corrected chi connectivity index (χ2v) is 12.7. The molecule has 0 aliphatic heterocycles. The Kier molecular flexibility index (Phi) is 15.3. The molecule has 0 spiro atoms. The topological polar surface area (TPSA) is 3.88 Å². The van der Waals surface area contributed by atoms with E-state index in [4.69, 9.17) is 0 Å². The van der Waals surface area contributed by atoms with Crippen LogP contribution in [-0.4, -0.2) is 0 Å². The molecule has 0 amide bonds. The van der Waals surface area contributed by atoms with E-state index >= 15 is 0 Å². The molecular weight excluding hydrogens is 530 g/mol. The standard InChI is InChI=1S/C43H58N/c1-3-5-7-8-9-10-11-12-13-14-15-16-17-27-34-41-43(39-32-25-20-26-33-39)42(38-30-23-19-24-31-38)40(36-44(41)35-6-4-2)37-28-21-18-22-29-37/h18-26,28-33,36H,3-17,27,34-35H2,1-2H3/q+1. The van der Waals surface area contributed by atoms with E-state index in [1.807, 2.05) is 0 Å². The van der Waals surface area contributed by atoms with Crippen molar-refractivity contribution in [2.75, 3.05) is 0 Å². The molecule has 1 heterocycles. The third kappa shape index (κ3) is 10.5. The highest BCUT2D eigenvalue weighted by Gasteiger charge is 2.26. The van der Waals surface area contributed by atoms with Gasteiger partial charge in [0.1, 0.15) is 6.54 Å². The van der Waals surface area contributed by atoms with Crippen LogP contribution in [0.3, 0.4) is 0 Å². The van der Waals surface area contributed by atoms with E-state index in [-0.39, 0.29) is 0 Å². The lowest BCUT2D eigenvalue weighted by molar-refractivity contribution is -0.703. The summed E-state index contributed by atoms with van der Waals surface area (Å²) >= 11 is 0. The summed E-state index contributed by atoms with van der Waals surface area (Å²) in [5.74, 6) is 0. The number of pyridine rings is 1. The summed E-state index contributed by atoms with van der Waals surface area (Å²) in [6.07, 6.45) is 25.6. The number of rotatable bonds is 21. The fraction of sp³-hybridized carbons (Fsp3) is 0.465. The molecule has 44 heavy (non-hydrogen) atoms. The van der Waals surface area contributed by atoms with E-state index in [0.29, 0.717) is 0 Å². The fourth-order valence-electron chi connectivity index (χ4n) is 6.66. The normalized spacial score (nSPS) is 11.2. The third-order valence-corrected chi connectivity index (χ3v) is 9.17.